The first-order chi connectivity index (χ1) is 8.34. The van der Waals surface area contributed by atoms with Crippen LogP contribution in [0, 0.1) is 5.92 Å². The molecule has 1 aliphatic rings. The third-order valence-electron chi connectivity index (χ3n) is 3.44. The Labute approximate surface area is 109 Å². The van der Waals surface area contributed by atoms with Gasteiger partial charge < -0.3 is 9.73 Å². The summed E-state index contributed by atoms with van der Waals surface area (Å²) in [5, 5.41) is 3.68. The van der Waals surface area contributed by atoms with Gasteiger partial charge in [0.25, 0.3) is 0 Å². The van der Waals surface area contributed by atoms with Crippen LogP contribution < -0.4 is 5.32 Å². The average Bonchev–Trinajstić information content (AvgIpc) is 2.82. The van der Waals surface area contributed by atoms with Gasteiger partial charge in [0.1, 0.15) is 5.76 Å². The van der Waals surface area contributed by atoms with Gasteiger partial charge in [0.2, 0.25) is 0 Å². The molecule has 1 aromatic heterocycles. The molecule has 2 nitrogen and oxygen atoms in total. The van der Waals surface area contributed by atoms with Crippen molar-refractivity contribution in [1.29, 1.82) is 0 Å². The summed E-state index contributed by atoms with van der Waals surface area (Å²) in [5.41, 5.74) is 0. The molecule has 1 saturated carbocycles. The Bertz CT molecular complexity index is 299. The third kappa shape index (κ3) is 4.76. The number of hydrogen-bond acceptors (Lipinski definition) is 3. The largest absolute Gasteiger partial charge is 0.468 e. The van der Waals surface area contributed by atoms with Crippen LogP contribution >= 0.6 is 11.8 Å². The van der Waals surface area contributed by atoms with Gasteiger partial charge in [-0.25, -0.2) is 0 Å². The summed E-state index contributed by atoms with van der Waals surface area (Å²) in [6.45, 7) is 3.50. The number of furan rings is 1. The highest BCUT2D eigenvalue weighted by molar-refractivity contribution is 7.98. The zero-order chi connectivity index (χ0) is 11.9. The molecule has 1 N–H and O–H groups in total. The smallest absolute Gasteiger partial charge is 0.113 e. The zero-order valence-corrected chi connectivity index (χ0v) is 11.5. The van der Waals surface area contributed by atoms with E-state index in [9.17, 15) is 0 Å². The zero-order valence-electron chi connectivity index (χ0n) is 10.7. The first-order valence-electron chi connectivity index (χ1n) is 6.68. The molecule has 0 aromatic carbocycles. The number of hydrogen-bond donors (Lipinski definition) is 1. The van der Waals surface area contributed by atoms with Gasteiger partial charge in [-0.15, -0.1) is 0 Å². The van der Waals surface area contributed by atoms with Gasteiger partial charge >= 0.3 is 0 Å². The van der Waals surface area contributed by atoms with Crippen LogP contribution in [0.25, 0.3) is 0 Å². The van der Waals surface area contributed by atoms with E-state index in [0.29, 0.717) is 0 Å². The Balaban J connectivity index is 1.51. The molecular formula is C14H23NOS. The molecule has 0 spiro atoms. The lowest BCUT2D eigenvalue weighted by molar-refractivity contribution is 0.306. The molecule has 2 atom stereocenters. The Morgan fingerprint density at radius 2 is 2.41 bits per heavy atom. The second kappa shape index (κ2) is 7.12. The molecule has 2 unspecified atom stereocenters. The maximum absolute atomic E-state index is 5.30. The summed E-state index contributed by atoms with van der Waals surface area (Å²) in [6.07, 6.45) is 7.30. The van der Waals surface area contributed by atoms with Crippen molar-refractivity contribution in [2.75, 3.05) is 12.3 Å². The summed E-state index contributed by atoms with van der Waals surface area (Å²) < 4.78 is 5.30. The van der Waals surface area contributed by atoms with Crippen molar-refractivity contribution < 1.29 is 4.42 Å². The highest BCUT2D eigenvalue weighted by atomic mass is 32.2. The van der Waals surface area contributed by atoms with Crippen molar-refractivity contribution in [3.63, 3.8) is 0 Å². The monoisotopic (exact) mass is 253 g/mol. The molecule has 3 heteroatoms. The predicted molar refractivity (Wildman–Crippen MR) is 74.3 cm³/mol. The fourth-order valence-electron chi connectivity index (χ4n) is 2.52. The summed E-state index contributed by atoms with van der Waals surface area (Å²) in [6, 6.07) is 4.77. The van der Waals surface area contributed by atoms with Crippen molar-refractivity contribution in [1.82, 2.24) is 5.32 Å². The minimum atomic E-state index is 0.767. The summed E-state index contributed by atoms with van der Waals surface area (Å²) in [4.78, 5) is 0. The van der Waals surface area contributed by atoms with Crippen LogP contribution in [0.5, 0.6) is 0 Å². The van der Waals surface area contributed by atoms with Crippen LogP contribution in [0.3, 0.4) is 0 Å². The molecule has 96 valence electrons. The lowest BCUT2D eigenvalue weighted by atomic mass is 9.87. The van der Waals surface area contributed by atoms with Crippen LogP contribution in [0.15, 0.2) is 22.8 Å². The first kappa shape index (κ1) is 13.0. The van der Waals surface area contributed by atoms with Gasteiger partial charge in [0.15, 0.2) is 0 Å². The molecule has 2 rings (SSSR count). The summed E-state index contributed by atoms with van der Waals surface area (Å²) >= 11 is 1.94. The Hall–Kier alpha value is -0.410. The molecule has 1 aromatic rings. The summed E-state index contributed by atoms with van der Waals surface area (Å²) in [7, 11) is 0. The number of thioether (sulfide) groups is 1. The molecule has 1 aliphatic carbocycles. The lowest BCUT2D eigenvalue weighted by Gasteiger charge is -2.27. The van der Waals surface area contributed by atoms with Crippen LogP contribution in [-0.4, -0.2) is 18.3 Å². The van der Waals surface area contributed by atoms with E-state index < -0.39 is 0 Å². The molecule has 0 saturated heterocycles. The highest BCUT2D eigenvalue weighted by Gasteiger charge is 2.17. The van der Waals surface area contributed by atoms with Gasteiger partial charge in [-0.2, -0.15) is 11.8 Å². The van der Waals surface area contributed by atoms with Gasteiger partial charge in [-0.05, 0) is 30.9 Å². The van der Waals surface area contributed by atoms with E-state index in [1.807, 2.05) is 23.9 Å². The second-order valence-corrected chi connectivity index (χ2v) is 6.16. The molecule has 0 radical (unpaired) electrons. The van der Waals surface area contributed by atoms with E-state index in [1.54, 1.807) is 6.26 Å². The van der Waals surface area contributed by atoms with Gasteiger partial charge in [-0.3, -0.25) is 0 Å². The highest BCUT2D eigenvalue weighted by Crippen LogP contribution is 2.23. The van der Waals surface area contributed by atoms with E-state index in [4.69, 9.17) is 4.42 Å². The predicted octanol–water partition coefficient (Wildman–Crippen LogP) is 3.68. The lowest BCUT2D eigenvalue weighted by Crippen LogP contribution is -2.34. The Morgan fingerprint density at radius 1 is 1.47 bits per heavy atom. The van der Waals surface area contributed by atoms with Crippen LogP contribution in [0.1, 0.15) is 38.4 Å². The maximum Gasteiger partial charge on any atom is 0.113 e. The topological polar surface area (TPSA) is 25.2 Å². The van der Waals surface area contributed by atoms with Crippen molar-refractivity contribution in [3.05, 3.63) is 24.2 Å². The molecule has 17 heavy (non-hydrogen) atoms. The van der Waals surface area contributed by atoms with Crippen molar-refractivity contribution in [2.45, 2.75) is 44.4 Å². The van der Waals surface area contributed by atoms with Crippen molar-refractivity contribution >= 4 is 11.8 Å². The second-order valence-electron chi connectivity index (χ2n) is 5.05. The van der Waals surface area contributed by atoms with E-state index >= 15 is 0 Å². The average molecular weight is 253 g/mol. The van der Waals surface area contributed by atoms with Crippen molar-refractivity contribution in [2.24, 2.45) is 5.92 Å². The van der Waals surface area contributed by atoms with E-state index in [0.717, 1.165) is 30.0 Å². The molecule has 1 fully saturated rings. The minimum absolute atomic E-state index is 0.767. The fourth-order valence-corrected chi connectivity index (χ4v) is 3.29. The third-order valence-corrected chi connectivity index (χ3v) is 4.42. The number of nitrogens with one attached hydrogen (secondary N) is 1. The van der Waals surface area contributed by atoms with Crippen molar-refractivity contribution in [3.8, 4) is 0 Å². The van der Waals surface area contributed by atoms with Gasteiger partial charge in [-0.1, -0.05) is 19.8 Å². The van der Waals surface area contributed by atoms with Crippen LogP contribution in [0.4, 0.5) is 0 Å². The van der Waals surface area contributed by atoms with Crippen LogP contribution in [0.2, 0.25) is 0 Å². The molecule has 1 heterocycles. The maximum atomic E-state index is 5.30. The SMILES string of the molecule is CC1CCCC(NCCSCc2ccco2)C1. The minimum Gasteiger partial charge on any atom is -0.468 e. The van der Waals surface area contributed by atoms with Gasteiger partial charge in [0, 0.05) is 18.3 Å². The van der Waals surface area contributed by atoms with Gasteiger partial charge in [0.05, 0.1) is 12.0 Å². The van der Waals surface area contributed by atoms with Crippen LogP contribution in [-0.2, 0) is 5.75 Å². The number of rotatable bonds is 6. The Kier molecular flexibility index (Phi) is 5.46. The molecule has 0 aliphatic heterocycles. The normalized spacial score (nSPS) is 25.0. The quantitative estimate of drug-likeness (QED) is 0.783. The molecule has 0 bridgehead atoms. The van der Waals surface area contributed by atoms with E-state index in [2.05, 4.69) is 12.2 Å². The standard InChI is InChI=1S/C14H23NOS/c1-12-4-2-5-13(10-12)15-7-9-17-11-14-6-3-8-16-14/h3,6,8,12-13,15H,2,4-5,7,9-11H2,1H3. The fraction of sp³-hybridized carbons (Fsp3) is 0.714. The van der Waals surface area contributed by atoms with E-state index in [-0.39, 0.29) is 0 Å². The summed E-state index contributed by atoms with van der Waals surface area (Å²) in [5.74, 6) is 4.17. The molecule has 0 amide bonds. The first-order valence-corrected chi connectivity index (χ1v) is 7.83. The Morgan fingerprint density at radius 3 is 3.18 bits per heavy atom. The van der Waals surface area contributed by atoms with E-state index in [1.165, 1.54) is 31.4 Å². The molecular weight excluding hydrogens is 230 g/mol.